The van der Waals surface area contributed by atoms with E-state index in [0.717, 1.165) is 0 Å². The lowest BCUT2D eigenvalue weighted by atomic mass is 10.0. The summed E-state index contributed by atoms with van der Waals surface area (Å²) in [4.78, 5) is 25.8. The molecule has 21 heavy (non-hydrogen) atoms. The summed E-state index contributed by atoms with van der Waals surface area (Å²) in [5.74, 6) is -0.0987. The van der Waals surface area contributed by atoms with Crippen molar-refractivity contribution >= 4 is 11.8 Å². The largest absolute Gasteiger partial charge is 0.370 e. The van der Waals surface area contributed by atoms with E-state index in [2.05, 4.69) is 15.8 Å². The van der Waals surface area contributed by atoms with E-state index in [-0.39, 0.29) is 35.5 Å². The van der Waals surface area contributed by atoms with Crippen LogP contribution in [0.15, 0.2) is 0 Å². The standard InChI is InChI=1S/C15H29N3O3/c1-10(2)7-13(19)16-17-14(20)12(4)18-8-11(3)21-15(5,6)9-18/h10-12H,7-9H2,1-6H3,(H,16,19)(H,17,20)/t11-,12+/m1/s1. The van der Waals surface area contributed by atoms with Gasteiger partial charge in [0.15, 0.2) is 0 Å². The zero-order valence-electron chi connectivity index (χ0n) is 14.0. The Balaban J connectivity index is 2.48. The van der Waals surface area contributed by atoms with Crippen LogP contribution in [0.25, 0.3) is 0 Å². The number of carbonyl (C=O) groups is 2. The number of ether oxygens (including phenoxy) is 1. The lowest BCUT2D eigenvalue weighted by Crippen LogP contribution is -2.59. The SMILES string of the molecule is CC(C)CC(=O)NNC(=O)[C@H](C)N1C[C@@H](C)OC(C)(C)C1. The van der Waals surface area contributed by atoms with E-state index < -0.39 is 0 Å². The van der Waals surface area contributed by atoms with Gasteiger partial charge in [-0.05, 0) is 33.6 Å². The predicted molar refractivity (Wildman–Crippen MR) is 81.4 cm³/mol. The average Bonchev–Trinajstić information content (AvgIpc) is 2.31. The van der Waals surface area contributed by atoms with E-state index in [0.29, 0.717) is 19.5 Å². The van der Waals surface area contributed by atoms with Crippen molar-refractivity contribution in [3.63, 3.8) is 0 Å². The van der Waals surface area contributed by atoms with Crippen molar-refractivity contribution < 1.29 is 14.3 Å². The van der Waals surface area contributed by atoms with Crippen molar-refractivity contribution in [2.45, 2.75) is 65.7 Å². The summed E-state index contributed by atoms with van der Waals surface area (Å²) >= 11 is 0. The summed E-state index contributed by atoms with van der Waals surface area (Å²) in [5.41, 5.74) is 4.70. The van der Waals surface area contributed by atoms with Crippen LogP contribution < -0.4 is 10.9 Å². The van der Waals surface area contributed by atoms with Crippen LogP contribution >= 0.6 is 0 Å². The van der Waals surface area contributed by atoms with E-state index in [9.17, 15) is 9.59 Å². The van der Waals surface area contributed by atoms with Crippen LogP contribution in [0.3, 0.4) is 0 Å². The lowest BCUT2D eigenvalue weighted by molar-refractivity contribution is -0.149. The maximum absolute atomic E-state index is 12.1. The van der Waals surface area contributed by atoms with Crippen LogP contribution in [0.4, 0.5) is 0 Å². The van der Waals surface area contributed by atoms with E-state index in [1.54, 1.807) is 0 Å². The molecule has 0 aliphatic carbocycles. The van der Waals surface area contributed by atoms with Gasteiger partial charge >= 0.3 is 0 Å². The molecule has 2 amide bonds. The van der Waals surface area contributed by atoms with Gasteiger partial charge in [0, 0.05) is 19.5 Å². The lowest BCUT2D eigenvalue weighted by Gasteiger charge is -2.43. The average molecular weight is 299 g/mol. The Hall–Kier alpha value is -1.14. The maximum atomic E-state index is 12.1. The molecule has 0 bridgehead atoms. The molecule has 2 atom stereocenters. The summed E-state index contributed by atoms with van der Waals surface area (Å²) in [7, 11) is 0. The van der Waals surface area contributed by atoms with Crippen molar-refractivity contribution in [2.75, 3.05) is 13.1 Å². The first kappa shape index (κ1) is 17.9. The molecule has 1 heterocycles. The number of hydrogen-bond acceptors (Lipinski definition) is 4. The van der Waals surface area contributed by atoms with E-state index in [4.69, 9.17) is 4.74 Å². The van der Waals surface area contributed by atoms with Gasteiger partial charge in [-0.2, -0.15) is 0 Å². The molecular formula is C15H29N3O3. The normalized spacial score (nSPS) is 23.7. The highest BCUT2D eigenvalue weighted by Gasteiger charge is 2.35. The minimum atomic E-state index is -0.310. The Morgan fingerprint density at radius 1 is 1.29 bits per heavy atom. The smallest absolute Gasteiger partial charge is 0.255 e. The Labute approximate surface area is 127 Å². The Bertz CT molecular complexity index is 382. The van der Waals surface area contributed by atoms with Gasteiger partial charge in [-0.1, -0.05) is 13.8 Å². The van der Waals surface area contributed by atoms with Gasteiger partial charge in [-0.15, -0.1) is 0 Å². The fourth-order valence-corrected chi connectivity index (χ4v) is 2.62. The van der Waals surface area contributed by atoms with Gasteiger partial charge in [0.25, 0.3) is 5.91 Å². The van der Waals surface area contributed by atoms with Crippen LogP contribution in [0.1, 0.15) is 48.0 Å². The molecular weight excluding hydrogens is 270 g/mol. The highest BCUT2D eigenvalue weighted by Crippen LogP contribution is 2.22. The van der Waals surface area contributed by atoms with Crippen LogP contribution in [-0.2, 0) is 14.3 Å². The molecule has 2 N–H and O–H groups in total. The summed E-state index contributed by atoms with van der Waals surface area (Å²) in [5, 5.41) is 0. The van der Waals surface area contributed by atoms with Crippen molar-refractivity contribution in [1.82, 2.24) is 15.8 Å². The zero-order chi connectivity index (χ0) is 16.2. The second kappa shape index (κ2) is 7.22. The van der Waals surface area contributed by atoms with Crippen molar-refractivity contribution in [1.29, 1.82) is 0 Å². The van der Waals surface area contributed by atoms with Crippen LogP contribution in [0.2, 0.25) is 0 Å². The second-order valence-corrected chi connectivity index (χ2v) is 6.93. The molecule has 1 saturated heterocycles. The van der Waals surface area contributed by atoms with Gasteiger partial charge < -0.3 is 4.74 Å². The number of morpholine rings is 1. The molecule has 0 spiro atoms. The van der Waals surface area contributed by atoms with Gasteiger partial charge in [0.1, 0.15) is 0 Å². The summed E-state index contributed by atoms with van der Waals surface area (Å²) < 4.78 is 5.83. The van der Waals surface area contributed by atoms with Crippen molar-refractivity contribution in [3.05, 3.63) is 0 Å². The predicted octanol–water partition coefficient (Wildman–Crippen LogP) is 1.07. The minimum Gasteiger partial charge on any atom is -0.370 e. The molecule has 1 rings (SSSR count). The Morgan fingerprint density at radius 3 is 2.43 bits per heavy atom. The number of nitrogens with one attached hydrogen (secondary N) is 2. The quantitative estimate of drug-likeness (QED) is 0.762. The highest BCUT2D eigenvalue weighted by atomic mass is 16.5. The zero-order valence-corrected chi connectivity index (χ0v) is 14.0. The number of carbonyl (C=O) groups excluding carboxylic acids is 2. The van der Waals surface area contributed by atoms with Crippen LogP contribution in [-0.4, -0.2) is 47.6 Å². The first-order valence-electron chi connectivity index (χ1n) is 7.61. The topological polar surface area (TPSA) is 70.7 Å². The molecule has 0 aromatic rings. The monoisotopic (exact) mass is 299 g/mol. The van der Waals surface area contributed by atoms with E-state index in [1.807, 2.05) is 41.5 Å². The highest BCUT2D eigenvalue weighted by molar-refractivity contribution is 5.85. The van der Waals surface area contributed by atoms with E-state index in [1.165, 1.54) is 0 Å². The second-order valence-electron chi connectivity index (χ2n) is 6.93. The van der Waals surface area contributed by atoms with Crippen molar-refractivity contribution in [3.8, 4) is 0 Å². The Morgan fingerprint density at radius 2 is 1.90 bits per heavy atom. The van der Waals surface area contributed by atoms with Crippen molar-refractivity contribution in [2.24, 2.45) is 5.92 Å². The summed E-state index contributed by atoms with van der Waals surface area (Å²) in [6, 6.07) is -0.310. The number of hydrazine groups is 1. The molecule has 6 nitrogen and oxygen atoms in total. The molecule has 1 fully saturated rings. The Kier molecular flexibility index (Phi) is 6.16. The molecule has 1 aliphatic rings. The van der Waals surface area contributed by atoms with Gasteiger partial charge in [-0.25, -0.2) is 0 Å². The third-order valence-electron chi connectivity index (χ3n) is 3.44. The van der Waals surface area contributed by atoms with Crippen LogP contribution in [0.5, 0.6) is 0 Å². The third kappa shape index (κ3) is 6.01. The fourth-order valence-electron chi connectivity index (χ4n) is 2.62. The number of hydrogen-bond donors (Lipinski definition) is 2. The first-order chi connectivity index (χ1) is 9.60. The number of rotatable bonds is 4. The molecule has 0 unspecified atom stereocenters. The molecule has 0 aromatic heterocycles. The first-order valence-corrected chi connectivity index (χ1v) is 7.61. The van der Waals surface area contributed by atoms with Gasteiger partial charge in [0.05, 0.1) is 17.7 Å². The molecule has 6 heteroatoms. The molecule has 0 aromatic carbocycles. The van der Waals surface area contributed by atoms with Gasteiger partial charge in [0.2, 0.25) is 5.91 Å². The van der Waals surface area contributed by atoms with Gasteiger partial charge in [-0.3, -0.25) is 25.3 Å². The number of nitrogens with zero attached hydrogens (tertiary/aromatic N) is 1. The van der Waals surface area contributed by atoms with Crippen LogP contribution in [0, 0.1) is 5.92 Å². The van der Waals surface area contributed by atoms with E-state index >= 15 is 0 Å². The third-order valence-corrected chi connectivity index (χ3v) is 3.44. The number of amides is 2. The minimum absolute atomic E-state index is 0.0829. The molecule has 0 saturated carbocycles. The molecule has 0 radical (unpaired) electrons. The molecule has 122 valence electrons. The summed E-state index contributed by atoms with van der Waals surface area (Å²) in [6.07, 6.45) is 0.482. The fraction of sp³-hybridized carbons (Fsp3) is 0.867. The molecule has 1 aliphatic heterocycles. The summed E-state index contributed by atoms with van der Waals surface area (Å²) in [6.45, 7) is 13.2. The maximum Gasteiger partial charge on any atom is 0.255 e.